The number of nitrogens with zero attached hydrogens (tertiary/aromatic N) is 4. The summed E-state index contributed by atoms with van der Waals surface area (Å²) in [6, 6.07) is 11.6. The van der Waals surface area contributed by atoms with Gasteiger partial charge < -0.3 is 15.0 Å². The number of hydrogen-bond donors (Lipinski definition) is 2. The first-order valence-electron chi connectivity index (χ1n) is 11.0. The number of benzene rings is 1. The molecule has 0 amide bonds. The number of carbonyl (C=O) groups is 1. The highest BCUT2D eigenvalue weighted by atomic mass is 19.1. The molecule has 0 aliphatic heterocycles. The Labute approximate surface area is 193 Å². The fraction of sp³-hybridized carbons (Fsp3) is 0.200. The Morgan fingerprint density at radius 2 is 2.12 bits per heavy atom. The van der Waals surface area contributed by atoms with Crippen LogP contribution < -0.4 is 5.32 Å². The molecule has 4 heterocycles. The van der Waals surface area contributed by atoms with Crippen molar-refractivity contribution >= 4 is 28.3 Å². The third-order valence-corrected chi connectivity index (χ3v) is 6.33. The number of ether oxygens (including phenoxy) is 1. The van der Waals surface area contributed by atoms with Crippen molar-refractivity contribution < 1.29 is 13.9 Å². The molecule has 4 aromatic heterocycles. The van der Waals surface area contributed by atoms with Gasteiger partial charge in [-0.2, -0.15) is 9.61 Å². The summed E-state index contributed by atoms with van der Waals surface area (Å²) >= 11 is 0. The number of carbonyl (C=O) groups excluding carboxylic acids is 1. The van der Waals surface area contributed by atoms with Gasteiger partial charge in [-0.3, -0.25) is 4.98 Å². The average molecular weight is 456 g/mol. The van der Waals surface area contributed by atoms with Gasteiger partial charge in [-0.1, -0.05) is 18.2 Å². The van der Waals surface area contributed by atoms with Gasteiger partial charge in [0.1, 0.15) is 17.2 Å². The van der Waals surface area contributed by atoms with E-state index >= 15 is 0 Å². The minimum atomic E-state index is -0.538. The summed E-state index contributed by atoms with van der Waals surface area (Å²) in [5.74, 6) is -0.341. The molecule has 0 fully saturated rings. The Kier molecular flexibility index (Phi) is 4.75. The lowest BCUT2D eigenvalue weighted by molar-refractivity contribution is 0.0602. The highest BCUT2D eigenvalue weighted by molar-refractivity contribution is 5.96. The maximum Gasteiger partial charge on any atom is 0.343 e. The molecule has 1 atom stereocenters. The standard InChI is InChI=1S/C25H21FN6O2/c1-34-25(33)19-13-28-32-23(10-22(31-24(19)32)14-8-15(26)12-27-11-14)29-16-6-7-21-18(9-16)17-4-2-3-5-20(17)30-21/h2-5,8,10-13,16,29-30H,6-7,9H2,1H3/t16-/m1/s1. The molecular weight excluding hydrogens is 435 g/mol. The molecule has 1 aromatic carbocycles. The van der Waals surface area contributed by atoms with Gasteiger partial charge in [0.15, 0.2) is 5.65 Å². The molecule has 9 heteroatoms. The number of halogens is 1. The van der Waals surface area contributed by atoms with E-state index in [0.29, 0.717) is 22.7 Å². The SMILES string of the molecule is COC(=O)c1cnn2c(N[C@@H]3CCc4[nH]c5ccccc5c4C3)cc(-c3cncc(F)c3)nc12. The first-order chi connectivity index (χ1) is 16.6. The van der Waals surface area contributed by atoms with Gasteiger partial charge in [0.2, 0.25) is 0 Å². The van der Waals surface area contributed by atoms with Gasteiger partial charge in [-0.15, -0.1) is 0 Å². The Morgan fingerprint density at radius 3 is 2.97 bits per heavy atom. The van der Waals surface area contributed by atoms with Crippen molar-refractivity contribution in [3.63, 3.8) is 0 Å². The van der Waals surface area contributed by atoms with E-state index in [2.05, 4.69) is 43.6 Å². The third kappa shape index (κ3) is 3.37. The lowest BCUT2D eigenvalue weighted by Gasteiger charge is -2.25. The smallest absolute Gasteiger partial charge is 0.343 e. The van der Waals surface area contributed by atoms with Crippen molar-refractivity contribution in [3.8, 4) is 11.3 Å². The Balaban J connectivity index is 1.42. The van der Waals surface area contributed by atoms with Gasteiger partial charge in [-0.05, 0) is 37.0 Å². The molecule has 0 spiro atoms. The predicted octanol–water partition coefficient (Wildman–Crippen LogP) is 4.17. The van der Waals surface area contributed by atoms with E-state index < -0.39 is 11.8 Å². The van der Waals surface area contributed by atoms with Crippen molar-refractivity contribution in [2.75, 3.05) is 12.4 Å². The second-order valence-electron chi connectivity index (χ2n) is 8.42. The van der Waals surface area contributed by atoms with Crippen molar-refractivity contribution in [3.05, 3.63) is 77.6 Å². The Morgan fingerprint density at radius 1 is 1.24 bits per heavy atom. The number of pyridine rings is 1. The van der Waals surface area contributed by atoms with Crippen LogP contribution in [0.5, 0.6) is 0 Å². The number of rotatable bonds is 4. The van der Waals surface area contributed by atoms with Gasteiger partial charge in [0.25, 0.3) is 0 Å². The summed E-state index contributed by atoms with van der Waals surface area (Å²) in [5.41, 5.74) is 5.29. The van der Waals surface area contributed by atoms with E-state index in [9.17, 15) is 9.18 Å². The van der Waals surface area contributed by atoms with E-state index in [0.717, 1.165) is 31.0 Å². The van der Waals surface area contributed by atoms with Gasteiger partial charge in [0.05, 0.1) is 25.2 Å². The Hall–Kier alpha value is -4.27. The summed E-state index contributed by atoms with van der Waals surface area (Å²) in [6.07, 6.45) is 6.80. The van der Waals surface area contributed by atoms with E-state index in [-0.39, 0.29) is 11.6 Å². The number of para-hydroxylation sites is 1. The number of esters is 1. The maximum atomic E-state index is 13.9. The third-order valence-electron chi connectivity index (χ3n) is 6.33. The zero-order valence-electron chi connectivity index (χ0n) is 18.4. The van der Waals surface area contributed by atoms with Gasteiger partial charge in [0, 0.05) is 40.5 Å². The summed E-state index contributed by atoms with van der Waals surface area (Å²) in [4.78, 5) is 24.4. The number of aryl methyl sites for hydroxylation is 1. The Bertz CT molecular complexity index is 1560. The molecule has 0 radical (unpaired) electrons. The van der Waals surface area contributed by atoms with Crippen molar-refractivity contribution in [2.24, 2.45) is 0 Å². The summed E-state index contributed by atoms with van der Waals surface area (Å²) in [7, 11) is 1.31. The maximum absolute atomic E-state index is 13.9. The van der Waals surface area contributed by atoms with E-state index in [4.69, 9.17) is 4.74 Å². The molecule has 0 unspecified atom stereocenters. The van der Waals surface area contributed by atoms with Crippen LogP contribution in [0.3, 0.4) is 0 Å². The van der Waals surface area contributed by atoms with Crippen LogP contribution in [-0.4, -0.2) is 43.7 Å². The molecule has 0 bridgehead atoms. The van der Waals surface area contributed by atoms with Crippen LogP contribution in [-0.2, 0) is 17.6 Å². The number of H-pyrrole nitrogens is 1. The van der Waals surface area contributed by atoms with Crippen LogP contribution in [0, 0.1) is 5.82 Å². The van der Waals surface area contributed by atoms with Crippen LogP contribution >= 0.6 is 0 Å². The second kappa shape index (κ2) is 7.95. The molecule has 6 rings (SSSR count). The van der Waals surface area contributed by atoms with Crippen LogP contribution in [0.2, 0.25) is 0 Å². The van der Waals surface area contributed by atoms with Gasteiger partial charge >= 0.3 is 5.97 Å². The number of hydrogen-bond acceptors (Lipinski definition) is 6. The summed E-state index contributed by atoms with van der Waals surface area (Å²) in [5, 5.41) is 9.22. The molecule has 170 valence electrons. The highest BCUT2D eigenvalue weighted by Crippen LogP contribution is 2.31. The zero-order valence-corrected chi connectivity index (χ0v) is 18.4. The van der Waals surface area contributed by atoms with E-state index in [1.807, 2.05) is 12.1 Å². The molecule has 0 saturated heterocycles. The molecule has 2 N–H and O–H groups in total. The average Bonchev–Trinajstić information content (AvgIpc) is 3.45. The molecular formula is C25H21FN6O2. The number of nitrogens with one attached hydrogen (secondary N) is 2. The van der Waals surface area contributed by atoms with Gasteiger partial charge in [-0.25, -0.2) is 14.2 Å². The van der Waals surface area contributed by atoms with Crippen molar-refractivity contribution in [1.29, 1.82) is 0 Å². The fourth-order valence-electron chi connectivity index (χ4n) is 4.72. The molecule has 34 heavy (non-hydrogen) atoms. The second-order valence-corrected chi connectivity index (χ2v) is 8.42. The topological polar surface area (TPSA) is 97.2 Å². The van der Waals surface area contributed by atoms with E-state index in [1.165, 1.54) is 36.0 Å². The normalized spacial score (nSPS) is 15.4. The van der Waals surface area contributed by atoms with Crippen LogP contribution in [0.15, 0.2) is 55.0 Å². The lowest BCUT2D eigenvalue weighted by atomic mass is 9.91. The molecule has 8 nitrogen and oxygen atoms in total. The number of aromatic amines is 1. The summed E-state index contributed by atoms with van der Waals surface area (Å²) < 4.78 is 20.4. The lowest BCUT2D eigenvalue weighted by Crippen LogP contribution is -2.28. The molecule has 5 aromatic rings. The van der Waals surface area contributed by atoms with Crippen molar-refractivity contribution in [1.82, 2.24) is 24.6 Å². The van der Waals surface area contributed by atoms with Crippen LogP contribution in [0.25, 0.3) is 27.8 Å². The van der Waals surface area contributed by atoms with Crippen LogP contribution in [0.4, 0.5) is 10.2 Å². The quantitative estimate of drug-likeness (QED) is 0.394. The number of methoxy groups -OCH3 is 1. The predicted molar refractivity (Wildman–Crippen MR) is 125 cm³/mol. The molecule has 0 saturated carbocycles. The molecule has 1 aliphatic carbocycles. The number of anilines is 1. The fourth-order valence-corrected chi connectivity index (χ4v) is 4.72. The minimum Gasteiger partial charge on any atom is -0.465 e. The number of aromatic nitrogens is 5. The first kappa shape index (κ1) is 20.3. The minimum absolute atomic E-state index is 0.140. The summed E-state index contributed by atoms with van der Waals surface area (Å²) in [6.45, 7) is 0. The monoisotopic (exact) mass is 456 g/mol. The first-order valence-corrected chi connectivity index (χ1v) is 11.0. The zero-order chi connectivity index (χ0) is 23.2. The van der Waals surface area contributed by atoms with Crippen molar-refractivity contribution in [2.45, 2.75) is 25.3 Å². The highest BCUT2D eigenvalue weighted by Gasteiger charge is 2.24. The molecule has 1 aliphatic rings. The van der Waals surface area contributed by atoms with Crippen LogP contribution in [0.1, 0.15) is 28.0 Å². The largest absolute Gasteiger partial charge is 0.465 e. The number of fused-ring (bicyclic) bond motifs is 4. The van der Waals surface area contributed by atoms with E-state index in [1.54, 1.807) is 10.7 Å².